The number of halogens is 3. The van der Waals surface area contributed by atoms with Gasteiger partial charge in [-0.25, -0.2) is 14.8 Å². The molecule has 218 valence electrons. The van der Waals surface area contributed by atoms with Crippen LogP contribution in [0.3, 0.4) is 0 Å². The molecule has 0 saturated heterocycles. The van der Waals surface area contributed by atoms with Crippen LogP contribution in [0.2, 0.25) is 0 Å². The van der Waals surface area contributed by atoms with Gasteiger partial charge in [0.25, 0.3) is 0 Å². The fraction of sp³-hybridized carbons (Fsp3) is 0.333. The van der Waals surface area contributed by atoms with Crippen LogP contribution in [0.5, 0.6) is 0 Å². The Morgan fingerprint density at radius 2 is 1.90 bits per heavy atom. The van der Waals surface area contributed by atoms with E-state index in [9.17, 15) is 27.9 Å². The molecule has 1 aromatic carbocycles. The molecule has 0 unspecified atom stereocenters. The number of amides is 2. The van der Waals surface area contributed by atoms with Crippen LogP contribution < -0.4 is 16.1 Å². The quantitative estimate of drug-likeness (QED) is 0.245. The lowest BCUT2D eigenvalue weighted by Gasteiger charge is -2.23. The van der Waals surface area contributed by atoms with Crippen molar-refractivity contribution in [3.63, 3.8) is 0 Å². The first-order valence-electron chi connectivity index (χ1n) is 12.5. The van der Waals surface area contributed by atoms with Crippen molar-refractivity contribution in [2.24, 2.45) is 0 Å². The summed E-state index contributed by atoms with van der Waals surface area (Å²) < 4.78 is 52.6. The van der Waals surface area contributed by atoms with Gasteiger partial charge in [0.2, 0.25) is 0 Å². The normalized spacial score (nSPS) is 11.8. The number of urea groups is 1. The van der Waals surface area contributed by atoms with E-state index in [-0.39, 0.29) is 46.6 Å². The zero-order valence-electron chi connectivity index (χ0n) is 22.4. The van der Waals surface area contributed by atoms with E-state index >= 15 is 0 Å². The van der Waals surface area contributed by atoms with E-state index in [2.05, 4.69) is 20.6 Å². The Balaban J connectivity index is 1.92. The summed E-state index contributed by atoms with van der Waals surface area (Å²) in [5.74, 6) is 0.103. The zero-order valence-corrected chi connectivity index (χ0v) is 23.2. The molecule has 0 aliphatic rings. The minimum atomic E-state index is -4.64. The average molecular weight is 592 g/mol. The van der Waals surface area contributed by atoms with Gasteiger partial charge in [-0.15, -0.1) is 11.3 Å². The Labute approximate surface area is 236 Å². The van der Waals surface area contributed by atoms with E-state index in [1.54, 1.807) is 50.1 Å². The molecule has 0 aliphatic carbocycles. The van der Waals surface area contributed by atoms with Crippen LogP contribution in [-0.4, -0.2) is 59.7 Å². The van der Waals surface area contributed by atoms with Gasteiger partial charge in [-0.2, -0.15) is 13.2 Å². The fourth-order valence-corrected chi connectivity index (χ4v) is 5.22. The highest BCUT2D eigenvalue weighted by atomic mass is 32.1. The molecule has 41 heavy (non-hydrogen) atoms. The fourth-order valence-electron chi connectivity index (χ4n) is 4.37. The second-order valence-corrected chi connectivity index (χ2v) is 9.84. The lowest BCUT2D eigenvalue weighted by Crippen LogP contribution is -2.28. The van der Waals surface area contributed by atoms with Crippen LogP contribution >= 0.6 is 11.3 Å². The summed E-state index contributed by atoms with van der Waals surface area (Å²) in [6.45, 7) is 2.14. The number of carbonyl (C=O) groups excluding carboxylic acids is 1. The number of ether oxygens (including phenoxy) is 2. The number of aliphatic hydroxyl groups excluding tert-OH is 1. The maximum absolute atomic E-state index is 13.4. The van der Waals surface area contributed by atoms with Gasteiger partial charge in [-0.3, -0.25) is 10.1 Å². The smallest absolute Gasteiger partial charge is 0.391 e. The number of hydrogen-bond donors (Lipinski definition) is 3. The predicted octanol–water partition coefficient (Wildman–Crippen LogP) is 4.67. The number of carbonyl (C=O) groups is 1. The Bertz CT molecular complexity index is 1600. The molecule has 0 fully saturated rings. The second-order valence-electron chi connectivity index (χ2n) is 8.98. The van der Waals surface area contributed by atoms with Gasteiger partial charge in [-0.1, -0.05) is 6.07 Å². The highest BCUT2D eigenvalue weighted by Gasteiger charge is 2.34. The molecule has 0 spiro atoms. The summed E-state index contributed by atoms with van der Waals surface area (Å²) in [6.07, 6.45) is -1.67. The first-order valence-corrected chi connectivity index (χ1v) is 13.3. The van der Waals surface area contributed by atoms with E-state index in [0.717, 1.165) is 16.7 Å². The van der Waals surface area contributed by atoms with Crippen molar-refractivity contribution in [3.8, 4) is 21.7 Å². The molecule has 0 radical (unpaired) electrons. The molecule has 14 heteroatoms. The molecule has 3 N–H and O–H groups in total. The van der Waals surface area contributed by atoms with Gasteiger partial charge in [0.1, 0.15) is 10.8 Å². The van der Waals surface area contributed by atoms with Gasteiger partial charge >= 0.3 is 12.2 Å². The number of nitrogens with one attached hydrogen (secondary N) is 2. The monoisotopic (exact) mass is 591 g/mol. The number of methoxy groups -OCH3 is 2. The standard InChI is InChI=1S/C27H28F3N5O5S/c1-4-31-26(38)34-23-8-18(25-33-22(14-41-25)27(28,29)30)20(9-32-23)15-5-6-21-19(7-15)24(37)16(11-36)10-35(21)17(12-39-2)13-40-3/h5-10,14,17,36H,4,11-13H2,1-3H3,(H2,31,32,34,38). The molecule has 3 heterocycles. The van der Waals surface area contributed by atoms with Crippen LogP contribution in [0.15, 0.2) is 46.8 Å². The lowest BCUT2D eigenvalue weighted by atomic mass is 9.99. The van der Waals surface area contributed by atoms with Crippen molar-refractivity contribution in [1.29, 1.82) is 0 Å². The van der Waals surface area contributed by atoms with Crippen molar-refractivity contribution >= 4 is 34.1 Å². The minimum absolute atomic E-state index is 0.0514. The number of benzene rings is 1. The molecule has 10 nitrogen and oxygen atoms in total. The predicted molar refractivity (Wildman–Crippen MR) is 149 cm³/mol. The molecule has 4 aromatic rings. The van der Waals surface area contributed by atoms with Crippen LogP contribution in [0, 0.1) is 0 Å². The molecule has 2 amide bonds. The number of anilines is 1. The molecule has 0 atom stereocenters. The van der Waals surface area contributed by atoms with Crippen molar-refractivity contribution in [2.45, 2.75) is 25.7 Å². The first-order chi connectivity index (χ1) is 19.6. The molecule has 0 aliphatic heterocycles. The van der Waals surface area contributed by atoms with Crippen molar-refractivity contribution in [1.82, 2.24) is 19.9 Å². The summed E-state index contributed by atoms with van der Waals surface area (Å²) in [5.41, 5.74) is 0.405. The Morgan fingerprint density at radius 3 is 2.51 bits per heavy atom. The molecule has 0 bridgehead atoms. The molecular weight excluding hydrogens is 563 g/mol. The van der Waals surface area contributed by atoms with E-state index in [0.29, 0.717) is 23.2 Å². The summed E-state index contributed by atoms with van der Waals surface area (Å²) in [6, 6.07) is 5.61. The maximum Gasteiger partial charge on any atom is 0.434 e. The maximum atomic E-state index is 13.4. The number of hydrogen-bond acceptors (Lipinski definition) is 8. The van der Waals surface area contributed by atoms with Crippen molar-refractivity contribution in [3.05, 3.63) is 63.5 Å². The minimum Gasteiger partial charge on any atom is -0.391 e. The van der Waals surface area contributed by atoms with Gasteiger partial charge in [0.15, 0.2) is 11.1 Å². The highest BCUT2D eigenvalue weighted by molar-refractivity contribution is 7.13. The van der Waals surface area contributed by atoms with Gasteiger partial charge in [0.05, 0.1) is 31.4 Å². The third-order valence-electron chi connectivity index (χ3n) is 6.21. The van der Waals surface area contributed by atoms with E-state index in [4.69, 9.17) is 9.47 Å². The Morgan fingerprint density at radius 1 is 1.17 bits per heavy atom. The molecule has 4 rings (SSSR count). The average Bonchev–Trinajstić information content (AvgIpc) is 3.45. The number of rotatable bonds is 10. The molecule has 3 aromatic heterocycles. The number of aliphatic hydroxyl groups is 1. The topological polar surface area (TPSA) is 128 Å². The Hall–Kier alpha value is -3.85. The van der Waals surface area contributed by atoms with Crippen molar-refractivity contribution in [2.75, 3.05) is 39.3 Å². The third-order valence-corrected chi connectivity index (χ3v) is 7.08. The largest absolute Gasteiger partial charge is 0.434 e. The number of aromatic nitrogens is 3. The van der Waals surface area contributed by atoms with E-state index < -0.39 is 29.9 Å². The SMILES string of the molecule is CCNC(=O)Nc1cc(-c2nc(C(F)(F)F)cs2)c(-c2ccc3c(c2)c(=O)c(CO)cn3C(COC)COC)cn1. The van der Waals surface area contributed by atoms with Gasteiger partial charge in [0, 0.05) is 60.6 Å². The van der Waals surface area contributed by atoms with Crippen molar-refractivity contribution < 1.29 is 32.5 Å². The number of nitrogens with zero attached hydrogens (tertiary/aromatic N) is 3. The number of pyridine rings is 2. The summed E-state index contributed by atoms with van der Waals surface area (Å²) in [7, 11) is 3.08. The second kappa shape index (κ2) is 12.8. The van der Waals surface area contributed by atoms with Crippen LogP contribution in [0.1, 0.15) is 24.2 Å². The Kier molecular flexibility index (Phi) is 9.38. The lowest BCUT2D eigenvalue weighted by molar-refractivity contribution is -0.140. The number of fused-ring (bicyclic) bond motifs is 1. The zero-order chi connectivity index (χ0) is 29.7. The van der Waals surface area contributed by atoms with Crippen LogP contribution in [0.25, 0.3) is 32.6 Å². The first kappa shape index (κ1) is 30.1. The summed E-state index contributed by atoms with van der Waals surface area (Å²) in [5, 5.41) is 16.3. The van der Waals surface area contributed by atoms with E-state index in [1.165, 1.54) is 12.3 Å². The molecule has 0 saturated carbocycles. The third kappa shape index (κ3) is 6.56. The molecular formula is C27H28F3N5O5S. The number of alkyl halides is 3. The number of thiazole rings is 1. The highest BCUT2D eigenvalue weighted by Crippen LogP contribution is 2.39. The summed E-state index contributed by atoms with van der Waals surface area (Å²) >= 11 is 0.792. The van der Waals surface area contributed by atoms with E-state index in [1.807, 2.05) is 0 Å². The van der Waals surface area contributed by atoms with Crippen LogP contribution in [-0.2, 0) is 22.3 Å². The summed E-state index contributed by atoms with van der Waals surface area (Å²) in [4.78, 5) is 33.4. The van der Waals surface area contributed by atoms with Gasteiger partial charge in [-0.05, 0) is 30.7 Å². The van der Waals surface area contributed by atoms with Gasteiger partial charge < -0.3 is 24.5 Å². The van der Waals surface area contributed by atoms with Crippen LogP contribution in [0.4, 0.5) is 23.8 Å².